The summed E-state index contributed by atoms with van der Waals surface area (Å²) in [5.41, 5.74) is 1.45. The highest BCUT2D eigenvalue weighted by molar-refractivity contribution is 7.95. The highest BCUT2D eigenvalue weighted by Gasteiger charge is 2.45. The van der Waals surface area contributed by atoms with E-state index in [1.165, 1.54) is 21.5 Å². The molecule has 194 valence electrons. The zero-order valence-electron chi connectivity index (χ0n) is 23.2. The predicted molar refractivity (Wildman–Crippen MR) is 161 cm³/mol. The van der Waals surface area contributed by atoms with Gasteiger partial charge in [-0.3, -0.25) is 0 Å². The Balaban J connectivity index is 0.00000456. The van der Waals surface area contributed by atoms with Gasteiger partial charge in [0.1, 0.15) is 23.2 Å². The normalized spacial score (nSPS) is 13.7. The fraction of sp³-hybridized carbons (Fsp3) is 0.375. The maximum atomic E-state index is 6.79. The third-order valence-electron chi connectivity index (χ3n) is 7.53. The van der Waals surface area contributed by atoms with E-state index in [2.05, 4.69) is 145 Å². The SMILES string of the molecule is CC[C@H](C/C=C(\C)C[P+](c1ccccc1)(c1ccccc1)c1ccccc1)O[Si](C)(C)C(C)(C)C.[Cl-]. The van der Waals surface area contributed by atoms with Crippen molar-refractivity contribution >= 4 is 31.5 Å². The second kappa shape index (κ2) is 13.2. The fourth-order valence-electron chi connectivity index (χ4n) is 4.43. The smallest absolute Gasteiger partial charge is 0.192 e. The summed E-state index contributed by atoms with van der Waals surface area (Å²) in [7, 11) is -3.63. The van der Waals surface area contributed by atoms with Crippen LogP contribution in [-0.4, -0.2) is 20.6 Å². The van der Waals surface area contributed by atoms with Crippen LogP contribution in [0.3, 0.4) is 0 Å². The van der Waals surface area contributed by atoms with Crippen LogP contribution in [0.2, 0.25) is 18.1 Å². The van der Waals surface area contributed by atoms with Gasteiger partial charge in [-0.2, -0.15) is 0 Å². The predicted octanol–water partition coefficient (Wildman–Crippen LogP) is 5.12. The molecule has 0 aliphatic rings. The molecule has 1 atom stereocenters. The average Bonchev–Trinajstić information content (AvgIpc) is 2.86. The lowest BCUT2D eigenvalue weighted by atomic mass is 10.1. The highest BCUT2D eigenvalue weighted by Crippen LogP contribution is 2.56. The van der Waals surface area contributed by atoms with Crippen LogP contribution in [0.25, 0.3) is 0 Å². The minimum absolute atomic E-state index is 0. The van der Waals surface area contributed by atoms with Crippen LogP contribution in [0.1, 0.15) is 47.5 Å². The number of benzene rings is 3. The van der Waals surface area contributed by atoms with Crippen molar-refractivity contribution in [3.8, 4) is 0 Å². The van der Waals surface area contributed by atoms with Crippen LogP contribution in [0.4, 0.5) is 0 Å². The number of hydrogen-bond acceptors (Lipinski definition) is 1. The second-order valence-corrected chi connectivity index (χ2v) is 19.4. The zero-order valence-corrected chi connectivity index (χ0v) is 25.8. The summed E-state index contributed by atoms with van der Waals surface area (Å²) in [6.45, 7) is 16.3. The number of hydrogen-bond donors (Lipinski definition) is 0. The molecule has 0 N–H and O–H groups in total. The number of allylic oxidation sites excluding steroid dienone is 1. The molecule has 0 aliphatic carbocycles. The summed E-state index contributed by atoms with van der Waals surface area (Å²) in [5, 5.41) is 4.55. The Morgan fingerprint density at radius 3 is 1.53 bits per heavy atom. The van der Waals surface area contributed by atoms with Gasteiger partial charge in [0, 0.05) is 6.10 Å². The Bertz CT molecular complexity index is 979. The molecule has 0 heterocycles. The van der Waals surface area contributed by atoms with Gasteiger partial charge < -0.3 is 16.8 Å². The molecule has 3 aromatic carbocycles. The largest absolute Gasteiger partial charge is 1.00 e. The lowest BCUT2D eigenvalue weighted by molar-refractivity contribution is -0.00000902. The first-order valence-electron chi connectivity index (χ1n) is 13.0. The third-order valence-corrected chi connectivity index (χ3v) is 16.6. The van der Waals surface area contributed by atoms with Gasteiger partial charge in [-0.1, -0.05) is 88.4 Å². The Hall–Kier alpha value is -1.70. The molecule has 0 saturated heterocycles. The molecule has 3 aromatic rings. The van der Waals surface area contributed by atoms with Gasteiger partial charge in [0.15, 0.2) is 8.32 Å². The van der Waals surface area contributed by atoms with Gasteiger partial charge in [0.25, 0.3) is 0 Å². The minimum atomic E-state index is -1.85. The van der Waals surface area contributed by atoms with Crippen molar-refractivity contribution in [1.82, 2.24) is 0 Å². The maximum Gasteiger partial charge on any atom is 0.192 e. The maximum absolute atomic E-state index is 6.79. The average molecular weight is 539 g/mol. The van der Waals surface area contributed by atoms with Crippen molar-refractivity contribution in [2.45, 2.75) is 71.7 Å². The molecule has 0 radical (unpaired) electrons. The lowest BCUT2D eigenvalue weighted by Gasteiger charge is -2.39. The standard InChI is InChI=1S/C32H44OPSi.ClH/c1-8-28(33-35(6,7)32(3,4)5)25-24-27(2)26-34(29-18-12-9-13-19-29,30-20-14-10-15-21-30)31-22-16-11-17-23-31;/h9-24,28H,8,25-26H2,1-7H3;1H/q+1;/p-1/b27-24+;/t28-;/m1./s1. The van der Waals surface area contributed by atoms with Crippen LogP contribution < -0.4 is 28.3 Å². The quantitative estimate of drug-likeness (QED) is 0.198. The van der Waals surface area contributed by atoms with E-state index in [1.807, 2.05) is 0 Å². The second-order valence-electron chi connectivity index (χ2n) is 11.2. The Morgan fingerprint density at radius 1 is 0.806 bits per heavy atom. The van der Waals surface area contributed by atoms with E-state index in [4.69, 9.17) is 4.43 Å². The first kappa shape index (κ1) is 30.5. The van der Waals surface area contributed by atoms with E-state index in [-0.39, 0.29) is 23.5 Å². The van der Waals surface area contributed by atoms with E-state index >= 15 is 0 Å². The molecule has 0 fully saturated rings. The summed E-state index contributed by atoms with van der Waals surface area (Å²) in [6, 6.07) is 33.5. The summed E-state index contributed by atoms with van der Waals surface area (Å²) in [6.07, 6.45) is 5.82. The molecular weight excluding hydrogens is 495 g/mol. The molecule has 3 rings (SSSR count). The summed E-state index contributed by atoms with van der Waals surface area (Å²) < 4.78 is 6.79. The van der Waals surface area contributed by atoms with Gasteiger partial charge >= 0.3 is 0 Å². The fourth-order valence-corrected chi connectivity index (χ4v) is 10.2. The van der Waals surface area contributed by atoms with Gasteiger partial charge in [-0.05, 0) is 79.9 Å². The first-order chi connectivity index (χ1) is 16.6. The van der Waals surface area contributed by atoms with Crippen molar-refractivity contribution in [3.05, 3.63) is 103 Å². The Labute approximate surface area is 228 Å². The van der Waals surface area contributed by atoms with E-state index in [1.54, 1.807) is 0 Å². The van der Waals surface area contributed by atoms with Crippen molar-refractivity contribution in [1.29, 1.82) is 0 Å². The summed E-state index contributed by atoms with van der Waals surface area (Å²) in [5.74, 6) is 0. The van der Waals surface area contributed by atoms with Crippen LogP contribution in [0.15, 0.2) is 103 Å². The minimum Gasteiger partial charge on any atom is -1.00 e. The highest BCUT2D eigenvalue weighted by atomic mass is 35.5. The molecule has 0 bridgehead atoms. The van der Waals surface area contributed by atoms with E-state index in [0.29, 0.717) is 0 Å². The van der Waals surface area contributed by atoms with Gasteiger partial charge in [-0.15, -0.1) is 0 Å². The number of rotatable bonds is 10. The van der Waals surface area contributed by atoms with Crippen LogP contribution in [0.5, 0.6) is 0 Å². The van der Waals surface area contributed by atoms with Crippen molar-refractivity contribution in [2.75, 3.05) is 6.16 Å². The van der Waals surface area contributed by atoms with E-state index in [9.17, 15) is 0 Å². The van der Waals surface area contributed by atoms with E-state index < -0.39 is 15.6 Å². The molecule has 0 saturated carbocycles. The van der Waals surface area contributed by atoms with Crippen LogP contribution >= 0.6 is 7.26 Å². The van der Waals surface area contributed by atoms with Crippen molar-refractivity contribution in [2.24, 2.45) is 0 Å². The van der Waals surface area contributed by atoms with Crippen molar-refractivity contribution in [3.63, 3.8) is 0 Å². The zero-order chi connectivity index (χ0) is 25.5. The monoisotopic (exact) mass is 538 g/mol. The molecule has 0 spiro atoms. The van der Waals surface area contributed by atoms with Crippen LogP contribution in [-0.2, 0) is 4.43 Å². The molecule has 0 aliphatic heterocycles. The lowest BCUT2D eigenvalue weighted by Crippen LogP contribution is -3.00. The van der Waals surface area contributed by atoms with Crippen molar-refractivity contribution < 1.29 is 16.8 Å². The topological polar surface area (TPSA) is 9.23 Å². The molecule has 0 amide bonds. The molecule has 0 aromatic heterocycles. The molecule has 36 heavy (non-hydrogen) atoms. The van der Waals surface area contributed by atoms with Gasteiger partial charge in [0.05, 0.1) is 6.16 Å². The number of halogens is 1. The Morgan fingerprint density at radius 2 is 1.19 bits per heavy atom. The van der Waals surface area contributed by atoms with Crippen LogP contribution in [0, 0.1) is 0 Å². The summed E-state index contributed by atoms with van der Waals surface area (Å²) in [4.78, 5) is 0. The first-order valence-corrected chi connectivity index (χ1v) is 17.9. The van der Waals surface area contributed by atoms with Gasteiger partial charge in [0.2, 0.25) is 0 Å². The third kappa shape index (κ3) is 7.20. The van der Waals surface area contributed by atoms with E-state index in [0.717, 1.165) is 19.0 Å². The molecule has 0 unspecified atom stereocenters. The molecule has 4 heteroatoms. The Kier molecular flexibility index (Phi) is 11.2. The molecule has 1 nitrogen and oxygen atoms in total. The van der Waals surface area contributed by atoms with Gasteiger partial charge in [-0.25, -0.2) is 0 Å². The summed E-state index contributed by atoms with van der Waals surface area (Å²) >= 11 is 0. The molecular formula is C32H44ClOPSi.